The summed E-state index contributed by atoms with van der Waals surface area (Å²) in [4.78, 5) is 5.77. The minimum atomic E-state index is 0.715. The van der Waals surface area contributed by atoms with Gasteiger partial charge in [0.15, 0.2) is 0 Å². The number of hydrogen-bond donors (Lipinski definition) is 0. The van der Waals surface area contributed by atoms with Crippen molar-refractivity contribution in [1.82, 2.24) is 0 Å². The van der Waals surface area contributed by atoms with Crippen molar-refractivity contribution in [2.45, 2.75) is 10.6 Å². The van der Waals surface area contributed by atoms with Crippen LogP contribution in [0.25, 0.3) is 0 Å². The third-order valence-corrected chi connectivity index (χ3v) is 4.77. The van der Waals surface area contributed by atoms with E-state index in [2.05, 4.69) is 41.4 Å². The lowest BCUT2D eigenvalue weighted by atomic mass is 10.2. The minimum Gasteiger partial charge on any atom is -0.256 e. The Bertz CT molecular complexity index is 782. The molecule has 0 saturated heterocycles. The summed E-state index contributed by atoms with van der Waals surface area (Å²) in [7, 11) is 0. The van der Waals surface area contributed by atoms with Crippen LogP contribution in [0.2, 0.25) is 5.02 Å². The maximum Gasteiger partial charge on any atom is 0.0630 e. The predicted octanol–water partition coefficient (Wildman–Crippen LogP) is 6.38. The molecule has 0 unspecified atom stereocenters. The molecule has 0 amide bonds. The average Bonchev–Trinajstić information content (AvgIpc) is 2.61. The van der Waals surface area contributed by atoms with Gasteiger partial charge in [0, 0.05) is 27.4 Å². The Balaban J connectivity index is 1.62. The standard InChI is InChI=1S/C20H16ClNS/c21-20-9-5-4-6-17(20)14-22-18-12-10-16(11-13-18)15-23-19-7-2-1-3-8-19/h1-14H,15H2. The summed E-state index contributed by atoms with van der Waals surface area (Å²) in [6.45, 7) is 0. The molecule has 23 heavy (non-hydrogen) atoms. The largest absolute Gasteiger partial charge is 0.256 e. The third-order valence-electron chi connectivity index (χ3n) is 3.34. The van der Waals surface area contributed by atoms with Crippen LogP contribution in [0.4, 0.5) is 5.69 Å². The molecule has 0 bridgehead atoms. The lowest BCUT2D eigenvalue weighted by Crippen LogP contribution is -1.82. The van der Waals surface area contributed by atoms with Crippen molar-refractivity contribution in [3.05, 3.63) is 95.0 Å². The Kier molecular flexibility index (Phi) is 5.51. The minimum absolute atomic E-state index is 0.715. The fraction of sp³-hybridized carbons (Fsp3) is 0.0500. The zero-order valence-corrected chi connectivity index (χ0v) is 14.1. The van der Waals surface area contributed by atoms with Gasteiger partial charge in [-0.15, -0.1) is 11.8 Å². The highest BCUT2D eigenvalue weighted by atomic mass is 35.5. The van der Waals surface area contributed by atoms with E-state index in [1.54, 1.807) is 6.21 Å². The van der Waals surface area contributed by atoms with Gasteiger partial charge in [0.1, 0.15) is 0 Å². The number of benzene rings is 3. The number of halogens is 1. The zero-order chi connectivity index (χ0) is 15.9. The first-order chi connectivity index (χ1) is 11.3. The van der Waals surface area contributed by atoms with E-state index >= 15 is 0 Å². The smallest absolute Gasteiger partial charge is 0.0630 e. The van der Waals surface area contributed by atoms with Crippen LogP contribution >= 0.6 is 23.4 Å². The highest BCUT2D eigenvalue weighted by Crippen LogP contribution is 2.23. The molecule has 3 aromatic rings. The summed E-state index contributed by atoms with van der Waals surface area (Å²) in [5.74, 6) is 0.957. The van der Waals surface area contributed by atoms with E-state index in [-0.39, 0.29) is 0 Å². The summed E-state index contributed by atoms with van der Waals surface area (Å²) in [5.41, 5.74) is 3.15. The molecule has 0 saturated carbocycles. The fourth-order valence-corrected chi connectivity index (χ4v) is 3.15. The lowest BCUT2D eigenvalue weighted by Gasteiger charge is -2.02. The van der Waals surface area contributed by atoms with E-state index in [0.717, 1.165) is 17.0 Å². The number of aliphatic imine (C=N–C) groups is 1. The molecule has 3 rings (SSSR count). The second-order valence-corrected chi connectivity index (χ2v) is 6.50. The van der Waals surface area contributed by atoms with Crippen molar-refractivity contribution in [2.75, 3.05) is 0 Å². The number of hydrogen-bond acceptors (Lipinski definition) is 2. The summed E-state index contributed by atoms with van der Waals surface area (Å²) in [6, 6.07) is 26.4. The SMILES string of the molecule is Clc1ccccc1C=Nc1ccc(CSc2ccccc2)cc1. The van der Waals surface area contributed by atoms with Gasteiger partial charge < -0.3 is 0 Å². The molecule has 0 aliphatic heterocycles. The van der Waals surface area contributed by atoms with E-state index in [4.69, 9.17) is 11.6 Å². The Hall–Kier alpha value is -2.03. The van der Waals surface area contributed by atoms with Crippen LogP contribution in [0.5, 0.6) is 0 Å². The second kappa shape index (κ2) is 8.00. The summed E-state index contributed by atoms with van der Waals surface area (Å²) < 4.78 is 0. The Morgan fingerprint density at radius 3 is 2.26 bits per heavy atom. The molecule has 0 aliphatic rings. The molecule has 0 atom stereocenters. The Morgan fingerprint density at radius 2 is 1.52 bits per heavy atom. The van der Waals surface area contributed by atoms with Crippen molar-refractivity contribution in [3.8, 4) is 0 Å². The molecule has 0 aliphatic carbocycles. The van der Waals surface area contributed by atoms with E-state index < -0.39 is 0 Å². The average molecular weight is 338 g/mol. The van der Waals surface area contributed by atoms with Crippen molar-refractivity contribution >= 4 is 35.3 Å². The topological polar surface area (TPSA) is 12.4 Å². The fourth-order valence-electron chi connectivity index (χ4n) is 2.09. The first kappa shape index (κ1) is 15.9. The molecule has 0 heterocycles. The van der Waals surface area contributed by atoms with Crippen LogP contribution < -0.4 is 0 Å². The molecule has 0 aromatic heterocycles. The van der Waals surface area contributed by atoms with Crippen LogP contribution in [-0.2, 0) is 5.75 Å². The van der Waals surface area contributed by atoms with Gasteiger partial charge >= 0.3 is 0 Å². The van der Waals surface area contributed by atoms with Crippen LogP contribution in [0.3, 0.4) is 0 Å². The summed E-state index contributed by atoms with van der Waals surface area (Å²) in [6.07, 6.45) is 1.80. The van der Waals surface area contributed by atoms with Gasteiger partial charge in [-0.2, -0.15) is 0 Å². The first-order valence-electron chi connectivity index (χ1n) is 7.37. The van der Waals surface area contributed by atoms with Crippen molar-refractivity contribution in [2.24, 2.45) is 4.99 Å². The van der Waals surface area contributed by atoms with Crippen LogP contribution in [-0.4, -0.2) is 6.21 Å². The molecule has 1 nitrogen and oxygen atoms in total. The maximum atomic E-state index is 6.12. The van der Waals surface area contributed by atoms with Crippen LogP contribution in [0.15, 0.2) is 88.8 Å². The van der Waals surface area contributed by atoms with Crippen molar-refractivity contribution < 1.29 is 0 Å². The summed E-state index contributed by atoms with van der Waals surface area (Å²) >= 11 is 7.96. The van der Waals surface area contributed by atoms with Gasteiger partial charge in [-0.25, -0.2) is 0 Å². The predicted molar refractivity (Wildman–Crippen MR) is 101 cm³/mol. The van der Waals surface area contributed by atoms with Gasteiger partial charge in [-0.05, 0) is 35.9 Å². The van der Waals surface area contributed by atoms with Gasteiger partial charge in [0.25, 0.3) is 0 Å². The van der Waals surface area contributed by atoms with Gasteiger partial charge in [-0.1, -0.05) is 60.1 Å². The van der Waals surface area contributed by atoms with E-state index in [1.807, 2.05) is 54.2 Å². The molecule has 114 valence electrons. The van der Waals surface area contributed by atoms with Gasteiger partial charge in [0.05, 0.1) is 5.69 Å². The number of nitrogens with zero attached hydrogens (tertiary/aromatic N) is 1. The van der Waals surface area contributed by atoms with Crippen LogP contribution in [0.1, 0.15) is 11.1 Å². The Labute approximate surface area is 146 Å². The second-order valence-electron chi connectivity index (χ2n) is 5.05. The van der Waals surface area contributed by atoms with E-state index in [0.29, 0.717) is 5.02 Å². The van der Waals surface area contributed by atoms with Crippen molar-refractivity contribution in [1.29, 1.82) is 0 Å². The monoisotopic (exact) mass is 337 g/mol. The maximum absolute atomic E-state index is 6.12. The van der Waals surface area contributed by atoms with Crippen LogP contribution in [0, 0.1) is 0 Å². The van der Waals surface area contributed by atoms with E-state index in [9.17, 15) is 0 Å². The summed E-state index contributed by atoms with van der Waals surface area (Å²) in [5, 5.41) is 0.715. The Morgan fingerprint density at radius 1 is 0.826 bits per heavy atom. The molecule has 0 radical (unpaired) electrons. The number of rotatable bonds is 5. The molecular weight excluding hydrogens is 322 g/mol. The zero-order valence-electron chi connectivity index (χ0n) is 12.5. The quantitative estimate of drug-likeness (QED) is 0.388. The molecular formula is C20H16ClNS. The molecule has 3 aromatic carbocycles. The molecule has 0 fully saturated rings. The first-order valence-corrected chi connectivity index (χ1v) is 8.73. The van der Waals surface area contributed by atoms with Gasteiger partial charge in [-0.3, -0.25) is 4.99 Å². The normalized spacial score (nSPS) is 11.0. The highest BCUT2D eigenvalue weighted by Gasteiger charge is 1.97. The number of thioether (sulfide) groups is 1. The van der Waals surface area contributed by atoms with Gasteiger partial charge in [0.2, 0.25) is 0 Å². The molecule has 0 N–H and O–H groups in total. The highest BCUT2D eigenvalue weighted by molar-refractivity contribution is 7.98. The third kappa shape index (κ3) is 4.72. The van der Waals surface area contributed by atoms with Crippen molar-refractivity contribution in [3.63, 3.8) is 0 Å². The molecule has 3 heteroatoms. The van der Waals surface area contributed by atoms with E-state index in [1.165, 1.54) is 10.5 Å². The molecule has 0 spiro atoms. The lowest BCUT2D eigenvalue weighted by molar-refractivity contribution is 1.37.